The molecular formula is C11H10ClF3O5S. The molecule has 0 saturated carbocycles. The molecule has 0 aliphatic carbocycles. The van der Waals surface area contributed by atoms with Gasteiger partial charge < -0.3 is 8.92 Å². The van der Waals surface area contributed by atoms with Crippen LogP contribution >= 0.6 is 11.6 Å². The summed E-state index contributed by atoms with van der Waals surface area (Å²) < 4.78 is 67.1. The molecule has 0 fully saturated rings. The number of benzene rings is 1. The van der Waals surface area contributed by atoms with Gasteiger partial charge in [-0.3, -0.25) is 4.79 Å². The van der Waals surface area contributed by atoms with Crippen molar-refractivity contribution in [2.75, 3.05) is 6.61 Å². The Bertz CT molecular complexity index is 627. The van der Waals surface area contributed by atoms with Gasteiger partial charge >= 0.3 is 21.6 Å². The molecule has 0 atom stereocenters. The lowest BCUT2D eigenvalue weighted by Gasteiger charge is -2.11. The molecule has 0 heterocycles. The van der Waals surface area contributed by atoms with Crippen molar-refractivity contribution in [1.29, 1.82) is 0 Å². The Morgan fingerprint density at radius 1 is 1.33 bits per heavy atom. The summed E-state index contributed by atoms with van der Waals surface area (Å²) in [5.74, 6) is -1.33. The van der Waals surface area contributed by atoms with Gasteiger partial charge in [-0.15, -0.1) is 0 Å². The SMILES string of the molecule is CCOC(=O)Cc1ccc(Cl)c(OS(=O)(=O)C(F)(F)F)c1. The molecule has 0 bridgehead atoms. The van der Waals surface area contributed by atoms with Crippen molar-refractivity contribution < 1.29 is 35.3 Å². The smallest absolute Gasteiger partial charge is 0.466 e. The molecule has 118 valence electrons. The van der Waals surface area contributed by atoms with E-state index in [1.165, 1.54) is 6.07 Å². The fourth-order valence-electron chi connectivity index (χ4n) is 1.27. The Morgan fingerprint density at radius 2 is 1.95 bits per heavy atom. The summed E-state index contributed by atoms with van der Waals surface area (Å²) in [6.07, 6.45) is -0.257. The lowest BCUT2D eigenvalue weighted by atomic mass is 10.1. The second-order valence-electron chi connectivity index (χ2n) is 3.73. The number of hydrogen-bond donors (Lipinski definition) is 0. The predicted molar refractivity (Wildman–Crippen MR) is 67.4 cm³/mol. The number of esters is 1. The van der Waals surface area contributed by atoms with Gasteiger partial charge in [-0.25, -0.2) is 0 Å². The van der Waals surface area contributed by atoms with E-state index < -0.39 is 27.3 Å². The minimum absolute atomic E-state index is 0.137. The van der Waals surface area contributed by atoms with Crippen LogP contribution in [0.4, 0.5) is 13.2 Å². The van der Waals surface area contributed by atoms with Gasteiger partial charge in [0, 0.05) is 0 Å². The second kappa shape index (κ2) is 6.52. The van der Waals surface area contributed by atoms with E-state index in [-0.39, 0.29) is 23.6 Å². The molecule has 0 spiro atoms. The summed E-state index contributed by atoms with van der Waals surface area (Å²) in [5, 5.41) is -0.338. The number of carbonyl (C=O) groups is 1. The van der Waals surface area contributed by atoms with Gasteiger partial charge in [0.25, 0.3) is 0 Å². The van der Waals surface area contributed by atoms with Crippen LogP contribution in [0.25, 0.3) is 0 Å². The van der Waals surface area contributed by atoms with E-state index in [0.29, 0.717) is 0 Å². The topological polar surface area (TPSA) is 69.7 Å². The molecule has 0 saturated heterocycles. The highest BCUT2D eigenvalue weighted by Gasteiger charge is 2.48. The lowest BCUT2D eigenvalue weighted by Crippen LogP contribution is -2.28. The number of rotatable bonds is 5. The zero-order chi connectivity index (χ0) is 16.3. The Balaban J connectivity index is 3.01. The van der Waals surface area contributed by atoms with Crippen molar-refractivity contribution in [3.8, 4) is 5.75 Å². The average molecular weight is 347 g/mol. The van der Waals surface area contributed by atoms with Crippen molar-refractivity contribution in [1.82, 2.24) is 0 Å². The van der Waals surface area contributed by atoms with E-state index >= 15 is 0 Å². The van der Waals surface area contributed by atoms with Gasteiger partial charge in [-0.2, -0.15) is 21.6 Å². The molecule has 5 nitrogen and oxygen atoms in total. The zero-order valence-corrected chi connectivity index (χ0v) is 12.2. The molecule has 0 aromatic heterocycles. The Hall–Kier alpha value is -1.48. The van der Waals surface area contributed by atoms with Crippen molar-refractivity contribution in [3.05, 3.63) is 28.8 Å². The largest absolute Gasteiger partial charge is 0.534 e. The van der Waals surface area contributed by atoms with Gasteiger partial charge in [-0.1, -0.05) is 17.7 Å². The average Bonchev–Trinajstić information content (AvgIpc) is 2.32. The van der Waals surface area contributed by atoms with Crippen LogP contribution in [0.1, 0.15) is 12.5 Å². The van der Waals surface area contributed by atoms with E-state index in [2.05, 4.69) is 8.92 Å². The summed E-state index contributed by atoms with van der Waals surface area (Å²) in [7, 11) is -5.83. The first-order valence-electron chi connectivity index (χ1n) is 5.51. The molecular weight excluding hydrogens is 337 g/mol. The van der Waals surface area contributed by atoms with Crippen molar-refractivity contribution >= 4 is 27.7 Å². The van der Waals surface area contributed by atoms with Crippen LogP contribution in [0.3, 0.4) is 0 Å². The molecule has 21 heavy (non-hydrogen) atoms. The van der Waals surface area contributed by atoms with Crippen LogP contribution in [-0.4, -0.2) is 26.5 Å². The van der Waals surface area contributed by atoms with Gasteiger partial charge in [-0.05, 0) is 24.6 Å². The predicted octanol–water partition coefficient (Wildman–Crippen LogP) is 2.67. The quantitative estimate of drug-likeness (QED) is 0.466. The van der Waals surface area contributed by atoms with Gasteiger partial charge in [0.05, 0.1) is 18.1 Å². The lowest BCUT2D eigenvalue weighted by molar-refractivity contribution is -0.142. The fraction of sp³-hybridized carbons (Fsp3) is 0.364. The molecule has 0 unspecified atom stereocenters. The molecule has 1 rings (SSSR count). The first-order valence-corrected chi connectivity index (χ1v) is 7.30. The second-order valence-corrected chi connectivity index (χ2v) is 5.67. The summed E-state index contributed by atoms with van der Waals surface area (Å²) >= 11 is 5.58. The highest BCUT2D eigenvalue weighted by atomic mass is 35.5. The molecule has 10 heteroatoms. The minimum Gasteiger partial charge on any atom is -0.466 e. The highest BCUT2D eigenvalue weighted by Crippen LogP contribution is 2.32. The van der Waals surface area contributed by atoms with Crippen LogP contribution in [0.5, 0.6) is 5.75 Å². The fourth-order valence-corrected chi connectivity index (χ4v) is 1.94. The highest BCUT2D eigenvalue weighted by molar-refractivity contribution is 7.88. The van der Waals surface area contributed by atoms with E-state index in [1.807, 2.05) is 0 Å². The third-order valence-electron chi connectivity index (χ3n) is 2.13. The van der Waals surface area contributed by atoms with E-state index in [1.54, 1.807) is 6.92 Å². The van der Waals surface area contributed by atoms with E-state index in [9.17, 15) is 26.4 Å². The number of alkyl halides is 3. The van der Waals surface area contributed by atoms with Gasteiger partial charge in [0.1, 0.15) is 0 Å². The van der Waals surface area contributed by atoms with Crippen LogP contribution in [-0.2, 0) is 26.1 Å². The number of hydrogen-bond acceptors (Lipinski definition) is 5. The monoisotopic (exact) mass is 346 g/mol. The number of halogens is 4. The molecule has 0 N–H and O–H groups in total. The van der Waals surface area contributed by atoms with Crippen LogP contribution < -0.4 is 4.18 Å². The zero-order valence-electron chi connectivity index (χ0n) is 10.6. The van der Waals surface area contributed by atoms with Crippen molar-refractivity contribution in [2.45, 2.75) is 18.9 Å². The van der Waals surface area contributed by atoms with E-state index in [4.69, 9.17) is 11.6 Å². The molecule has 1 aromatic carbocycles. The first-order chi connectivity index (χ1) is 9.56. The number of ether oxygens (including phenoxy) is 1. The maximum atomic E-state index is 12.2. The maximum absolute atomic E-state index is 12.2. The van der Waals surface area contributed by atoms with Crippen LogP contribution in [0.15, 0.2) is 18.2 Å². The Kier molecular flexibility index (Phi) is 5.46. The first kappa shape index (κ1) is 17.6. The molecule has 0 aliphatic heterocycles. The van der Waals surface area contributed by atoms with Crippen molar-refractivity contribution in [2.24, 2.45) is 0 Å². The minimum atomic E-state index is -5.83. The molecule has 0 aliphatic rings. The van der Waals surface area contributed by atoms with Gasteiger partial charge in [0.15, 0.2) is 5.75 Å². The standard InChI is InChI=1S/C11H10ClF3O5S/c1-2-19-10(16)6-7-3-4-8(12)9(5-7)20-21(17,18)11(13,14)15/h3-5H,2,6H2,1H3. The maximum Gasteiger partial charge on any atom is 0.534 e. The van der Waals surface area contributed by atoms with Gasteiger partial charge in [0.2, 0.25) is 0 Å². The summed E-state index contributed by atoms with van der Waals surface area (Å²) in [5.41, 5.74) is -5.38. The van der Waals surface area contributed by atoms with Crippen LogP contribution in [0, 0.1) is 0 Å². The molecule has 1 aromatic rings. The summed E-state index contributed by atoms with van der Waals surface area (Å²) in [6, 6.07) is 3.40. The third kappa shape index (κ3) is 4.78. The van der Waals surface area contributed by atoms with E-state index in [0.717, 1.165) is 12.1 Å². The Morgan fingerprint density at radius 3 is 2.48 bits per heavy atom. The summed E-state index contributed by atoms with van der Waals surface area (Å²) in [4.78, 5) is 11.3. The normalized spacial score (nSPS) is 12.0. The summed E-state index contributed by atoms with van der Waals surface area (Å²) in [6.45, 7) is 1.72. The van der Waals surface area contributed by atoms with Crippen LogP contribution in [0.2, 0.25) is 5.02 Å². The molecule has 0 radical (unpaired) electrons. The molecule has 0 amide bonds. The Labute approximate surface area is 123 Å². The van der Waals surface area contributed by atoms with Crippen molar-refractivity contribution in [3.63, 3.8) is 0 Å². The number of carbonyl (C=O) groups excluding carboxylic acids is 1. The third-order valence-corrected chi connectivity index (χ3v) is 3.41.